The van der Waals surface area contributed by atoms with Gasteiger partial charge in [0.05, 0.1) is 0 Å². The van der Waals surface area contributed by atoms with Crippen LogP contribution in [0.5, 0.6) is 0 Å². The second kappa shape index (κ2) is 5.29. The highest BCUT2D eigenvalue weighted by molar-refractivity contribution is 5.93. The smallest absolute Gasteiger partial charge is 0.325 e. The Morgan fingerprint density at radius 1 is 1.18 bits per heavy atom. The first-order valence-corrected chi connectivity index (χ1v) is 7.47. The van der Waals surface area contributed by atoms with Crippen molar-refractivity contribution in [1.82, 2.24) is 19.5 Å². The molecule has 0 aliphatic carbocycles. The Hall–Kier alpha value is -2.63. The van der Waals surface area contributed by atoms with Gasteiger partial charge in [0.2, 0.25) is 5.76 Å². The minimum absolute atomic E-state index is 0.0595. The van der Waals surface area contributed by atoms with E-state index < -0.39 is 0 Å². The SMILES string of the molecule is O=C(c1oc2ncnn2c1Cc1ccccc1)N1CCCC1. The highest BCUT2D eigenvalue weighted by Crippen LogP contribution is 2.22. The number of carbonyl (C=O) groups excluding carboxylic acids is 1. The number of aromatic nitrogens is 3. The quantitative estimate of drug-likeness (QED) is 0.743. The summed E-state index contributed by atoms with van der Waals surface area (Å²) >= 11 is 0. The predicted octanol–water partition coefficient (Wildman–Crippen LogP) is 2.15. The number of benzene rings is 1. The molecule has 1 aliphatic heterocycles. The third kappa shape index (κ3) is 2.16. The first-order chi connectivity index (χ1) is 10.8. The summed E-state index contributed by atoms with van der Waals surface area (Å²) in [7, 11) is 0. The van der Waals surface area contributed by atoms with Crippen molar-refractivity contribution in [2.24, 2.45) is 0 Å². The van der Waals surface area contributed by atoms with Crippen molar-refractivity contribution < 1.29 is 9.21 Å². The average Bonchev–Trinajstić information content (AvgIpc) is 3.26. The number of oxazole rings is 1. The topological polar surface area (TPSA) is 63.6 Å². The molecule has 0 N–H and O–H groups in total. The van der Waals surface area contributed by atoms with Gasteiger partial charge in [-0.2, -0.15) is 14.6 Å². The van der Waals surface area contributed by atoms with Gasteiger partial charge < -0.3 is 9.32 Å². The number of amides is 1. The van der Waals surface area contributed by atoms with Crippen molar-refractivity contribution in [1.29, 1.82) is 0 Å². The lowest BCUT2D eigenvalue weighted by Gasteiger charge is -2.13. The van der Waals surface area contributed by atoms with Crippen LogP contribution in [0.1, 0.15) is 34.7 Å². The van der Waals surface area contributed by atoms with Crippen LogP contribution in [-0.2, 0) is 6.42 Å². The molecular weight excluding hydrogens is 280 g/mol. The van der Waals surface area contributed by atoms with Crippen LogP contribution in [0.4, 0.5) is 0 Å². The van der Waals surface area contributed by atoms with Crippen LogP contribution in [0.3, 0.4) is 0 Å². The zero-order chi connectivity index (χ0) is 14.9. The molecule has 6 heteroatoms. The van der Waals surface area contributed by atoms with Gasteiger partial charge in [0.25, 0.3) is 5.91 Å². The second-order valence-electron chi connectivity index (χ2n) is 5.49. The summed E-state index contributed by atoms with van der Waals surface area (Å²) in [4.78, 5) is 18.6. The summed E-state index contributed by atoms with van der Waals surface area (Å²) in [6.07, 6.45) is 4.13. The molecule has 1 aliphatic rings. The zero-order valence-corrected chi connectivity index (χ0v) is 12.1. The summed E-state index contributed by atoms with van der Waals surface area (Å²) < 4.78 is 7.31. The van der Waals surface area contributed by atoms with Crippen molar-refractivity contribution in [2.45, 2.75) is 19.3 Å². The van der Waals surface area contributed by atoms with E-state index in [2.05, 4.69) is 10.1 Å². The number of hydrogen-bond acceptors (Lipinski definition) is 4. The van der Waals surface area contributed by atoms with Gasteiger partial charge >= 0.3 is 5.84 Å². The van der Waals surface area contributed by atoms with E-state index in [1.54, 1.807) is 4.52 Å². The molecular formula is C16H16N4O2. The van der Waals surface area contributed by atoms with Crippen LogP contribution in [0.25, 0.3) is 5.84 Å². The van der Waals surface area contributed by atoms with Crippen LogP contribution < -0.4 is 0 Å². The molecule has 0 unspecified atom stereocenters. The van der Waals surface area contributed by atoms with Crippen molar-refractivity contribution in [3.8, 4) is 0 Å². The number of carbonyl (C=O) groups is 1. The molecule has 0 radical (unpaired) electrons. The molecule has 112 valence electrons. The lowest BCUT2D eigenvalue weighted by Crippen LogP contribution is -2.28. The number of fused-ring (bicyclic) bond motifs is 1. The van der Waals surface area contributed by atoms with Crippen LogP contribution in [0.15, 0.2) is 41.1 Å². The molecule has 1 saturated heterocycles. The number of nitrogens with zero attached hydrogens (tertiary/aromatic N) is 4. The van der Waals surface area contributed by atoms with Gasteiger partial charge in [-0.15, -0.1) is 0 Å². The molecule has 3 aromatic rings. The van der Waals surface area contributed by atoms with E-state index in [1.807, 2.05) is 35.2 Å². The van der Waals surface area contributed by atoms with Gasteiger partial charge in [-0.05, 0) is 18.4 Å². The molecule has 1 amide bonds. The van der Waals surface area contributed by atoms with Crippen LogP contribution in [0.2, 0.25) is 0 Å². The fourth-order valence-corrected chi connectivity index (χ4v) is 2.91. The maximum absolute atomic E-state index is 12.7. The molecule has 0 saturated carbocycles. The van der Waals surface area contributed by atoms with Crippen molar-refractivity contribution in [3.05, 3.63) is 53.7 Å². The maximum Gasteiger partial charge on any atom is 0.325 e. The van der Waals surface area contributed by atoms with Crippen molar-refractivity contribution >= 4 is 11.8 Å². The fraction of sp³-hybridized carbons (Fsp3) is 0.312. The Morgan fingerprint density at radius 2 is 1.95 bits per heavy atom. The normalized spacial score (nSPS) is 14.8. The first kappa shape index (κ1) is 13.1. The van der Waals surface area contributed by atoms with E-state index in [0.29, 0.717) is 18.0 Å². The summed E-state index contributed by atoms with van der Waals surface area (Å²) in [5.74, 6) is 0.672. The Morgan fingerprint density at radius 3 is 2.73 bits per heavy atom. The Balaban J connectivity index is 1.75. The summed E-state index contributed by atoms with van der Waals surface area (Å²) in [6.45, 7) is 1.58. The molecule has 0 spiro atoms. The molecule has 0 bridgehead atoms. The summed E-state index contributed by atoms with van der Waals surface area (Å²) in [5, 5.41) is 4.19. The summed E-state index contributed by atoms with van der Waals surface area (Å²) in [5.41, 5.74) is 1.87. The Labute approximate surface area is 127 Å². The molecule has 1 aromatic carbocycles. The predicted molar refractivity (Wildman–Crippen MR) is 79.6 cm³/mol. The van der Waals surface area contributed by atoms with E-state index in [-0.39, 0.29) is 5.91 Å². The number of likely N-dealkylation sites (tertiary alicyclic amines) is 1. The number of rotatable bonds is 3. The van der Waals surface area contributed by atoms with E-state index in [9.17, 15) is 4.79 Å². The Bertz CT molecular complexity index is 800. The van der Waals surface area contributed by atoms with Crippen LogP contribution in [0, 0.1) is 0 Å². The van der Waals surface area contributed by atoms with E-state index >= 15 is 0 Å². The van der Waals surface area contributed by atoms with E-state index in [0.717, 1.165) is 37.2 Å². The lowest BCUT2D eigenvalue weighted by atomic mass is 10.1. The molecule has 22 heavy (non-hydrogen) atoms. The highest BCUT2D eigenvalue weighted by atomic mass is 16.4. The number of hydrogen-bond donors (Lipinski definition) is 0. The molecule has 1 fully saturated rings. The fourth-order valence-electron chi connectivity index (χ4n) is 2.91. The van der Waals surface area contributed by atoms with Gasteiger partial charge in [-0.1, -0.05) is 30.3 Å². The highest BCUT2D eigenvalue weighted by Gasteiger charge is 2.28. The van der Waals surface area contributed by atoms with Crippen LogP contribution >= 0.6 is 0 Å². The molecule has 6 nitrogen and oxygen atoms in total. The maximum atomic E-state index is 12.7. The van der Waals surface area contributed by atoms with Crippen LogP contribution in [-0.4, -0.2) is 38.5 Å². The molecule has 4 rings (SSSR count). The van der Waals surface area contributed by atoms with Gasteiger partial charge in [0.1, 0.15) is 12.0 Å². The first-order valence-electron chi connectivity index (χ1n) is 7.47. The second-order valence-corrected chi connectivity index (χ2v) is 5.49. The van der Waals surface area contributed by atoms with Gasteiger partial charge in [0, 0.05) is 19.5 Å². The standard InChI is InChI=1S/C16H16N4O2/c21-15(19-8-4-5-9-19)14-13(10-12-6-2-1-3-7-12)20-16(22-14)17-11-18-20/h1-3,6-7,11H,4-5,8-10H2. The minimum atomic E-state index is -0.0595. The third-order valence-corrected chi connectivity index (χ3v) is 4.03. The van der Waals surface area contributed by atoms with E-state index in [1.165, 1.54) is 6.33 Å². The summed E-state index contributed by atoms with van der Waals surface area (Å²) in [6, 6.07) is 9.99. The van der Waals surface area contributed by atoms with Crippen molar-refractivity contribution in [3.63, 3.8) is 0 Å². The molecule has 3 heterocycles. The zero-order valence-electron chi connectivity index (χ0n) is 12.1. The van der Waals surface area contributed by atoms with E-state index in [4.69, 9.17) is 4.42 Å². The monoisotopic (exact) mass is 296 g/mol. The average molecular weight is 296 g/mol. The molecule has 0 atom stereocenters. The third-order valence-electron chi connectivity index (χ3n) is 4.03. The van der Waals surface area contributed by atoms with Crippen molar-refractivity contribution in [2.75, 3.05) is 13.1 Å². The largest absolute Gasteiger partial charge is 0.416 e. The lowest BCUT2D eigenvalue weighted by molar-refractivity contribution is 0.0762. The van der Waals surface area contributed by atoms with Gasteiger partial charge in [-0.3, -0.25) is 4.79 Å². The van der Waals surface area contributed by atoms with Gasteiger partial charge in [0.15, 0.2) is 0 Å². The Kier molecular flexibility index (Phi) is 3.14. The minimum Gasteiger partial charge on any atom is -0.416 e. The van der Waals surface area contributed by atoms with Gasteiger partial charge in [-0.25, -0.2) is 0 Å². The molecule has 2 aromatic heterocycles.